The molecule has 12 rings (SSSR count). The molecule has 0 bridgehead atoms. The van der Waals surface area contributed by atoms with Crippen LogP contribution in [0.25, 0.3) is 44.1 Å². The Morgan fingerprint density at radius 1 is 0.462 bits per heavy atom. The second kappa shape index (κ2) is 34.1. The van der Waals surface area contributed by atoms with Gasteiger partial charge >= 0.3 is 66.0 Å². The molecule has 3 radical (unpaired) electrons. The quantitative estimate of drug-likeness (QED) is 0.0272. The Kier molecular flexibility index (Phi) is 26.0. The van der Waals surface area contributed by atoms with Crippen molar-refractivity contribution in [3.05, 3.63) is 273 Å². The van der Waals surface area contributed by atoms with Crippen LogP contribution >= 0.6 is 15.9 Å². The maximum Gasteiger partial charge on any atom is 1.00 e. The van der Waals surface area contributed by atoms with Crippen molar-refractivity contribution in [2.75, 3.05) is 21.3 Å². The van der Waals surface area contributed by atoms with Crippen molar-refractivity contribution in [1.29, 1.82) is 15.8 Å². The number of esters is 3. The second-order valence-corrected chi connectivity index (χ2v) is 22.2. The smallest absolute Gasteiger partial charge is 1.00 e. The Bertz CT molecular complexity index is 5320. The molecule has 3 aromatic heterocycles. The van der Waals surface area contributed by atoms with E-state index in [1.807, 2.05) is 41.2 Å². The molecule has 1 amide bonds. The molecule has 0 aliphatic heterocycles. The minimum atomic E-state index is -4.67. The Balaban J connectivity index is 0.000000231. The van der Waals surface area contributed by atoms with Gasteiger partial charge < -0.3 is 49.7 Å². The molecular weight excluding hydrogens is 1450 g/mol. The standard InChI is InChI=1S/C26H16F3N3O5.C24H15F3N2O3.C14H7BrF3NO.C10H9NO2.B.Na.H/c1-36-25(35)14-2-8-19-20(23(33)24(31)34)13-32(22(19)11-14)16-3-5-17(6-4-16)37-18-7-9-21(26(27,28)29)15(10-18)12-30;1-31-23(30)16-3-2-15-10-11-29(22(15)13-16)18-4-6-19(7-5-18)32-20-8-9-21(24(25,26)27)17(12-20)14-28;15-10-1-3-11(4-2-10)20-12-5-6-13(14(16,17)18)9(7-12)8-19;1-13-10(12)8-3-2-7-4-5-11-9(7)6-8;;;/h2-11,13H,1H3,(H2,31,34);2-13H,1H3;1-7H;2-6,11H,1H3;;;/q;;;;;+1;-1. The molecule has 0 fully saturated rings. The number of nitrogens with one attached hydrogen (secondary N) is 1. The zero-order valence-electron chi connectivity index (χ0n) is 55.4. The first-order valence-corrected chi connectivity index (χ1v) is 30.1. The summed E-state index contributed by atoms with van der Waals surface area (Å²) in [5, 5.41) is 29.3. The molecule has 0 atom stereocenters. The Labute approximate surface area is 618 Å². The number of fused-ring (bicyclic) bond motifs is 3. The molecule has 0 spiro atoms. The summed E-state index contributed by atoms with van der Waals surface area (Å²) in [6.45, 7) is 0. The molecule has 12 aromatic rings. The van der Waals surface area contributed by atoms with Gasteiger partial charge in [0, 0.05) is 53.8 Å². The van der Waals surface area contributed by atoms with Crippen molar-refractivity contribution in [2.24, 2.45) is 5.73 Å². The number of nitrogens with zero attached hydrogens (tertiary/aromatic N) is 5. The van der Waals surface area contributed by atoms with Crippen LogP contribution in [0.3, 0.4) is 0 Å². The van der Waals surface area contributed by atoms with Crippen LogP contribution in [0.4, 0.5) is 39.5 Å². The monoisotopic (exact) mass is 1490 g/mol. The van der Waals surface area contributed by atoms with Gasteiger partial charge in [-0.1, -0.05) is 34.1 Å². The molecule has 519 valence electrons. The van der Waals surface area contributed by atoms with E-state index in [2.05, 4.69) is 25.7 Å². The number of primary amides is 1. The summed E-state index contributed by atoms with van der Waals surface area (Å²) in [5.74, 6) is -1.96. The molecule has 0 aliphatic carbocycles. The molecule has 9 aromatic carbocycles. The number of halogens is 10. The first-order chi connectivity index (χ1) is 48.5. The number of methoxy groups -OCH3 is 3. The Morgan fingerprint density at radius 2 is 0.837 bits per heavy atom. The van der Waals surface area contributed by atoms with E-state index < -0.39 is 75.5 Å². The van der Waals surface area contributed by atoms with E-state index >= 15 is 0 Å². The molecule has 18 nitrogen and oxygen atoms in total. The van der Waals surface area contributed by atoms with Gasteiger partial charge in [0.25, 0.3) is 11.7 Å². The molecular formula is C74H48BBrF9N7NaO11. The zero-order chi connectivity index (χ0) is 73.8. The average molecular weight is 1500 g/mol. The van der Waals surface area contributed by atoms with Crippen molar-refractivity contribution in [3.8, 4) is 64.1 Å². The summed E-state index contributed by atoms with van der Waals surface area (Å²) in [6.07, 6.45) is -8.74. The third kappa shape index (κ3) is 19.1. The zero-order valence-corrected chi connectivity index (χ0v) is 58.0. The maximum atomic E-state index is 13.0. The number of aromatic nitrogens is 3. The number of nitrogens with two attached hydrogens (primary N) is 1. The van der Waals surface area contributed by atoms with Gasteiger partial charge in [-0.2, -0.15) is 55.3 Å². The third-order valence-corrected chi connectivity index (χ3v) is 15.3. The summed E-state index contributed by atoms with van der Waals surface area (Å²) in [5.41, 5.74) is 5.31. The fraction of sp³-hybridized carbons (Fsp3) is 0.0811. The fourth-order valence-electron chi connectivity index (χ4n) is 9.93. The number of hydrogen-bond acceptors (Lipinski definition) is 14. The number of carbonyl (C=O) groups excluding carboxylic acids is 5. The van der Waals surface area contributed by atoms with Gasteiger partial charge in [0.15, 0.2) is 0 Å². The van der Waals surface area contributed by atoms with E-state index in [1.54, 1.807) is 95.6 Å². The van der Waals surface area contributed by atoms with Crippen molar-refractivity contribution < 1.29 is 123 Å². The molecule has 3 heterocycles. The van der Waals surface area contributed by atoms with Gasteiger partial charge in [0.05, 0.1) is 106 Å². The molecule has 0 aliphatic rings. The molecule has 30 heteroatoms. The van der Waals surface area contributed by atoms with Crippen LogP contribution in [0.15, 0.2) is 217 Å². The van der Waals surface area contributed by atoms with E-state index in [-0.39, 0.29) is 79.5 Å². The van der Waals surface area contributed by atoms with E-state index in [0.29, 0.717) is 39.2 Å². The van der Waals surface area contributed by atoms with Gasteiger partial charge in [0.1, 0.15) is 34.5 Å². The normalized spacial score (nSPS) is 10.8. The summed E-state index contributed by atoms with van der Waals surface area (Å²) >= 11 is 3.26. The number of aromatic amines is 1. The number of hydrogen-bond donors (Lipinski definition) is 2. The van der Waals surface area contributed by atoms with Gasteiger partial charge in [-0.25, -0.2) is 14.4 Å². The van der Waals surface area contributed by atoms with Crippen LogP contribution < -0.4 is 49.5 Å². The molecule has 104 heavy (non-hydrogen) atoms. The number of carbonyl (C=O) groups is 5. The number of alkyl halides is 9. The second-order valence-electron chi connectivity index (χ2n) is 21.3. The van der Waals surface area contributed by atoms with Gasteiger partial charge in [0.2, 0.25) is 0 Å². The predicted molar refractivity (Wildman–Crippen MR) is 362 cm³/mol. The third-order valence-electron chi connectivity index (χ3n) is 14.8. The van der Waals surface area contributed by atoms with Crippen LogP contribution in [0.2, 0.25) is 0 Å². The number of ether oxygens (including phenoxy) is 6. The fourth-order valence-corrected chi connectivity index (χ4v) is 10.2. The van der Waals surface area contributed by atoms with Crippen molar-refractivity contribution in [1.82, 2.24) is 14.1 Å². The largest absolute Gasteiger partial charge is 1.00 e. The number of amides is 1. The molecule has 0 saturated heterocycles. The Hall–Kier alpha value is -12.1. The van der Waals surface area contributed by atoms with E-state index in [9.17, 15) is 63.5 Å². The van der Waals surface area contributed by atoms with Crippen molar-refractivity contribution in [2.45, 2.75) is 18.5 Å². The molecule has 0 saturated carbocycles. The first kappa shape index (κ1) is 79.3. The maximum absolute atomic E-state index is 13.0. The number of benzene rings is 9. The Morgan fingerprint density at radius 3 is 1.24 bits per heavy atom. The SMILES string of the molecule is COC(=O)c1ccc2c(C(=O)C(N)=O)cn(-c3ccc(Oc4ccc(C(F)(F)F)c(C#N)c4)cc3)c2c1.COC(=O)c1ccc2cc[nH]c2c1.COC(=O)c1ccc2ccn(-c3ccc(Oc4ccc(C(F)(F)F)c(C#N)c4)cc3)c2c1.N#Cc1cc(Oc2ccc(Br)cc2)ccc1C(F)(F)F.[B].[H-].[Na+]. The summed E-state index contributed by atoms with van der Waals surface area (Å²) in [6, 6.07) is 52.5. The average Bonchev–Trinajstić information content (AvgIpc) is 1.74. The van der Waals surface area contributed by atoms with E-state index in [1.165, 1.54) is 82.1 Å². The molecule has 0 unspecified atom stereocenters. The number of rotatable bonds is 13. The van der Waals surface area contributed by atoms with Crippen LogP contribution in [0.1, 0.15) is 76.2 Å². The van der Waals surface area contributed by atoms with Crippen LogP contribution in [0, 0.1) is 34.0 Å². The number of H-pyrrole nitrogens is 1. The predicted octanol–water partition coefficient (Wildman–Crippen LogP) is 14.7. The number of Topliss-reactive ketones (excluding diaryl/α,β-unsaturated/α-hetero) is 1. The van der Waals surface area contributed by atoms with Crippen molar-refractivity contribution in [3.63, 3.8) is 0 Å². The van der Waals surface area contributed by atoms with E-state index in [4.69, 9.17) is 45.2 Å². The number of ketones is 1. The molecule has 3 N–H and O–H groups in total. The first-order valence-electron chi connectivity index (χ1n) is 29.3. The minimum Gasteiger partial charge on any atom is -1.00 e. The van der Waals surface area contributed by atoms with E-state index in [0.717, 1.165) is 74.4 Å². The summed E-state index contributed by atoms with van der Waals surface area (Å²) < 4.78 is 151. The van der Waals surface area contributed by atoms with Crippen LogP contribution in [-0.4, -0.2) is 73.5 Å². The summed E-state index contributed by atoms with van der Waals surface area (Å²) in [4.78, 5) is 62.0. The van der Waals surface area contributed by atoms with Crippen molar-refractivity contribution >= 4 is 86.7 Å². The van der Waals surface area contributed by atoms with Gasteiger partial charge in [-0.05, 0) is 187 Å². The van der Waals surface area contributed by atoms with Gasteiger partial charge in [-0.15, -0.1) is 0 Å². The minimum absolute atomic E-state index is 0. The van der Waals surface area contributed by atoms with Gasteiger partial charge in [-0.3, -0.25) is 9.59 Å². The van der Waals surface area contributed by atoms with Crippen LogP contribution in [0.5, 0.6) is 34.5 Å². The summed E-state index contributed by atoms with van der Waals surface area (Å²) in [7, 11) is 3.92. The number of nitriles is 3. The van der Waals surface area contributed by atoms with Crippen LogP contribution in [-0.2, 0) is 37.5 Å². The topological polar surface area (TPSA) is 264 Å².